The summed E-state index contributed by atoms with van der Waals surface area (Å²) >= 11 is 17.7. The van der Waals surface area contributed by atoms with Gasteiger partial charge in [-0.2, -0.15) is 0 Å². The van der Waals surface area contributed by atoms with Gasteiger partial charge in [0.15, 0.2) is 5.11 Å². The molecule has 5 rings (SSSR count). The van der Waals surface area contributed by atoms with Crippen LogP contribution in [-0.4, -0.2) is 21.0 Å². The molecule has 5 aromatic rings. The van der Waals surface area contributed by atoms with Gasteiger partial charge in [-0.3, -0.25) is 9.99 Å². The summed E-state index contributed by atoms with van der Waals surface area (Å²) in [4.78, 5) is 4.57. The number of aromatic nitrogens is 2. The van der Waals surface area contributed by atoms with Crippen LogP contribution in [0, 0.1) is 0 Å². The molecule has 4 aromatic carbocycles. The minimum atomic E-state index is -4.74. The summed E-state index contributed by atoms with van der Waals surface area (Å²) in [6.45, 7) is 1.98. The summed E-state index contributed by atoms with van der Waals surface area (Å²) in [6.07, 6.45) is -3.09. The number of hydrogen-bond donors (Lipinski definition) is 3. The number of nitrogens with one attached hydrogen (secondary N) is 3. The third-order valence-corrected chi connectivity index (χ3v) is 6.84. The van der Waals surface area contributed by atoms with Crippen molar-refractivity contribution in [2.45, 2.75) is 19.3 Å². The number of hydrogen-bond acceptors (Lipinski definition) is 4. The fourth-order valence-electron chi connectivity index (χ4n) is 4.13. The summed E-state index contributed by atoms with van der Waals surface area (Å²) in [5.41, 5.74) is 9.91. The lowest BCUT2D eigenvalue weighted by Crippen LogP contribution is -2.41. The quantitative estimate of drug-likeness (QED) is 0.138. The van der Waals surface area contributed by atoms with E-state index in [9.17, 15) is 13.2 Å². The van der Waals surface area contributed by atoms with Gasteiger partial charge in [-0.1, -0.05) is 47.5 Å². The van der Waals surface area contributed by atoms with E-state index in [-0.39, 0.29) is 11.8 Å². The van der Waals surface area contributed by atoms with Crippen LogP contribution >= 0.6 is 35.4 Å². The van der Waals surface area contributed by atoms with E-state index in [4.69, 9.17) is 35.4 Å². The zero-order valence-corrected chi connectivity index (χ0v) is 22.5. The molecule has 0 aliphatic heterocycles. The maximum Gasteiger partial charge on any atom is 0.573 e. The predicted octanol–water partition coefficient (Wildman–Crippen LogP) is 7.94. The lowest BCUT2D eigenvalue weighted by molar-refractivity contribution is -0.274. The Morgan fingerprint density at radius 2 is 1.72 bits per heavy atom. The van der Waals surface area contributed by atoms with Gasteiger partial charge in [0.05, 0.1) is 26.8 Å². The summed E-state index contributed by atoms with van der Waals surface area (Å²) in [5.74, 6) is -0.282. The Morgan fingerprint density at radius 1 is 1.00 bits per heavy atom. The van der Waals surface area contributed by atoms with Crippen LogP contribution in [0.5, 0.6) is 5.75 Å². The Labute approximate surface area is 236 Å². The van der Waals surface area contributed by atoms with Gasteiger partial charge in [0.25, 0.3) is 0 Å². The molecular weight excluding hydrogens is 570 g/mol. The second-order valence-corrected chi connectivity index (χ2v) is 9.83. The van der Waals surface area contributed by atoms with Crippen molar-refractivity contribution in [3.63, 3.8) is 0 Å². The maximum absolute atomic E-state index is 12.5. The molecule has 3 N–H and O–H groups in total. The monoisotopic (exact) mass is 589 g/mol. The number of rotatable bonds is 6. The largest absolute Gasteiger partial charge is 0.573 e. The molecule has 1 aromatic heterocycles. The molecule has 0 bridgehead atoms. The number of nitrogens with zero attached hydrogens (tertiary/aromatic N) is 2. The second kappa shape index (κ2) is 10.9. The normalized spacial score (nSPS) is 12.5. The van der Waals surface area contributed by atoms with Crippen LogP contribution in [0.2, 0.25) is 10.0 Å². The first kappa shape index (κ1) is 27.0. The van der Waals surface area contributed by atoms with Crippen LogP contribution in [0.4, 0.5) is 18.9 Å². The van der Waals surface area contributed by atoms with Crippen LogP contribution in [-0.2, 0) is 0 Å². The van der Waals surface area contributed by atoms with Gasteiger partial charge in [0.2, 0.25) is 0 Å². The average molecular weight is 590 g/mol. The summed E-state index contributed by atoms with van der Waals surface area (Å²) in [5, 5.41) is 6.13. The Bertz CT molecular complexity index is 1650. The molecule has 200 valence electrons. The smallest absolute Gasteiger partial charge is 0.406 e. The van der Waals surface area contributed by atoms with Crippen LogP contribution in [0.1, 0.15) is 18.5 Å². The molecule has 39 heavy (non-hydrogen) atoms. The molecule has 0 aliphatic rings. The van der Waals surface area contributed by atoms with Gasteiger partial charge >= 0.3 is 6.36 Å². The molecule has 0 radical (unpaired) electrons. The van der Waals surface area contributed by atoms with Crippen LogP contribution in [0.25, 0.3) is 27.5 Å². The van der Waals surface area contributed by atoms with E-state index >= 15 is 0 Å². The molecule has 0 fully saturated rings. The van der Waals surface area contributed by atoms with E-state index in [0.717, 1.165) is 27.4 Å². The molecule has 0 amide bonds. The second-order valence-electron chi connectivity index (χ2n) is 8.61. The number of para-hydroxylation sites is 1. The third kappa shape index (κ3) is 6.04. The van der Waals surface area contributed by atoms with Crippen molar-refractivity contribution < 1.29 is 17.9 Å². The van der Waals surface area contributed by atoms with Gasteiger partial charge in [-0.05, 0) is 78.6 Å². The number of ether oxygens (including phenoxy) is 1. The Hall–Kier alpha value is -3.57. The fourth-order valence-corrected chi connectivity index (χ4v) is 4.78. The van der Waals surface area contributed by atoms with E-state index < -0.39 is 6.36 Å². The molecule has 0 aliphatic carbocycles. The SMILES string of the molecule is CC(NNC(=S)Nc1c(Cl)cccc1Cl)c1ccc2c(ccc3c2ncn3-c2ccc(OC(F)(F)F)cc2)c1. The maximum atomic E-state index is 12.5. The van der Waals surface area contributed by atoms with Crippen molar-refractivity contribution in [1.82, 2.24) is 20.4 Å². The van der Waals surface area contributed by atoms with Crippen LogP contribution in [0.15, 0.2) is 79.1 Å². The van der Waals surface area contributed by atoms with Crippen molar-refractivity contribution in [2.24, 2.45) is 0 Å². The van der Waals surface area contributed by atoms with Gasteiger partial charge in [0, 0.05) is 17.1 Å². The van der Waals surface area contributed by atoms with Gasteiger partial charge in [0.1, 0.15) is 12.1 Å². The van der Waals surface area contributed by atoms with Crippen molar-refractivity contribution in [2.75, 3.05) is 5.32 Å². The first-order valence-electron chi connectivity index (χ1n) is 11.6. The zero-order chi connectivity index (χ0) is 27.7. The third-order valence-electron chi connectivity index (χ3n) is 6.01. The highest BCUT2D eigenvalue weighted by Gasteiger charge is 2.31. The van der Waals surface area contributed by atoms with Gasteiger partial charge < -0.3 is 10.1 Å². The van der Waals surface area contributed by atoms with Crippen molar-refractivity contribution in [3.05, 3.63) is 94.7 Å². The number of imidazole rings is 1. The van der Waals surface area contributed by atoms with E-state index in [1.165, 1.54) is 12.1 Å². The van der Waals surface area contributed by atoms with Crippen molar-refractivity contribution in [1.29, 1.82) is 0 Å². The summed E-state index contributed by atoms with van der Waals surface area (Å²) in [7, 11) is 0. The number of anilines is 1. The highest BCUT2D eigenvalue weighted by Crippen LogP contribution is 2.31. The van der Waals surface area contributed by atoms with E-state index in [1.54, 1.807) is 36.7 Å². The molecule has 1 unspecified atom stereocenters. The summed E-state index contributed by atoms with van der Waals surface area (Å²) < 4.78 is 43.2. The van der Waals surface area contributed by atoms with E-state index in [0.29, 0.717) is 26.5 Å². The minimum absolute atomic E-state index is 0.110. The van der Waals surface area contributed by atoms with Crippen LogP contribution < -0.4 is 20.9 Å². The first-order chi connectivity index (χ1) is 18.6. The lowest BCUT2D eigenvalue weighted by atomic mass is 10.0. The Morgan fingerprint density at radius 3 is 2.41 bits per heavy atom. The zero-order valence-electron chi connectivity index (χ0n) is 20.2. The van der Waals surface area contributed by atoms with Crippen LogP contribution in [0.3, 0.4) is 0 Å². The predicted molar refractivity (Wildman–Crippen MR) is 153 cm³/mol. The Balaban J connectivity index is 1.31. The standard InChI is InChI=1S/C27H20Cl2F3N5OS/c1-15(35-36-26(39)34-25-21(28)3-2-4-22(25)29)16-5-11-20-17(13-16)6-12-23-24(20)33-14-37(23)18-7-9-19(10-8-18)38-27(30,31)32/h2-15,35H,1H3,(H2,34,36,39). The molecule has 12 heteroatoms. The highest BCUT2D eigenvalue weighted by atomic mass is 35.5. The van der Waals surface area contributed by atoms with Crippen molar-refractivity contribution in [3.8, 4) is 11.4 Å². The van der Waals surface area contributed by atoms with Crippen molar-refractivity contribution >= 4 is 68.0 Å². The fraction of sp³-hybridized carbons (Fsp3) is 0.111. The number of halogens is 5. The number of alkyl halides is 3. The number of hydrazine groups is 1. The molecule has 0 saturated carbocycles. The lowest BCUT2D eigenvalue weighted by Gasteiger charge is -2.18. The van der Waals surface area contributed by atoms with E-state index in [2.05, 4.69) is 32.0 Å². The summed E-state index contributed by atoms with van der Waals surface area (Å²) in [6, 6.07) is 20.7. The molecule has 6 nitrogen and oxygen atoms in total. The number of thiocarbonyl (C=S) groups is 1. The van der Waals surface area contributed by atoms with Gasteiger partial charge in [-0.15, -0.1) is 13.2 Å². The molecular formula is C27H20Cl2F3N5OS. The molecule has 0 spiro atoms. The topological polar surface area (TPSA) is 63.1 Å². The molecule has 0 saturated heterocycles. The molecule has 1 atom stereocenters. The molecule has 1 heterocycles. The highest BCUT2D eigenvalue weighted by molar-refractivity contribution is 7.80. The van der Waals surface area contributed by atoms with Gasteiger partial charge in [-0.25, -0.2) is 10.4 Å². The number of benzene rings is 4. The number of fused-ring (bicyclic) bond motifs is 3. The first-order valence-corrected chi connectivity index (χ1v) is 12.8. The average Bonchev–Trinajstić information content (AvgIpc) is 3.33. The van der Waals surface area contributed by atoms with E-state index in [1.807, 2.05) is 35.8 Å². The Kier molecular flexibility index (Phi) is 7.55. The minimum Gasteiger partial charge on any atom is -0.406 e.